The van der Waals surface area contributed by atoms with Crippen molar-refractivity contribution in [2.45, 2.75) is 33.7 Å². The van der Waals surface area contributed by atoms with E-state index in [1.807, 2.05) is 0 Å². The molecule has 3 nitrogen and oxygen atoms in total. The summed E-state index contributed by atoms with van der Waals surface area (Å²) < 4.78 is 2.24. The van der Waals surface area contributed by atoms with Gasteiger partial charge in [-0.15, -0.1) is 0 Å². The normalized spacial score (nSPS) is 13.0. The van der Waals surface area contributed by atoms with E-state index < -0.39 is 0 Å². The molecule has 0 aliphatic carbocycles. The lowest BCUT2D eigenvalue weighted by Crippen LogP contribution is -2.17. The average molecular weight is 319 g/mol. The minimum Gasteiger partial charge on any atom is -0.328 e. The lowest BCUT2D eigenvalue weighted by molar-refractivity contribution is 0.569. The molecule has 0 amide bonds. The molecule has 0 fully saturated rings. The zero-order valence-electron chi connectivity index (χ0n) is 14.9. The minimum atomic E-state index is 0.203. The molecule has 0 radical (unpaired) electrons. The summed E-state index contributed by atoms with van der Waals surface area (Å²) in [5.41, 5.74) is 13.1. The largest absolute Gasteiger partial charge is 0.328 e. The molecule has 3 aromatic rings. The number of nitrogens with two attached hydrogens (primary N) is 1. The highest BCUT2D eigenvalue weighted by Crippen LogP contribution is 2.25. The lowest BCUT2D eigenvalue weighted by Gasteiger charge is -2.14. The molecule has 0 bridgehead atoms. The third-order valence-electron chi connectivity index (χ3n) is 4.62. The molecule has 0 aliphatic heterocycles. The van der Waals surface area contributed by atoms with E-state index in [1.54, 1.807) is 0 Å². The molecule has 3 heteroatoms. The molecule has 0 saturated heterocycles. The zero-order chi connectivity index (χ0) is 17.3. The predicted molar refractivity (Wildman–Crippen MR) is 103 cm³/mol. The average Bonchev–Trinajstić information content (AvgIpc) is 2.91. The molecule has 1 atom stereocenters. The van der Waals surface area contributed by atoms with Gasteiger partial charge in [-0.1, -0.05) is 35.9 Å². The Labute approximate surface area is 143 Å². The summed E-state index contributed by atoms with van der Waals surface area (Å²) in [6, 6.07) is 13.1. The zero-order valence-corrected chi connectivity index (χ0v) is 14.9. The Morgan fingerprint density at radius 3 is 2.38 bits per heavy atom. The molecule has 2 N–H and O–H groups in total. The van der Waals surface area contributed by atoms with Crippen LogP contribution in [0.3, 0.4) is 0 Å². The highest BCUT2D eigenvalue weighted by atomic mass is 15.1. The maximum Gasteiger partial charge on any atom is 0.134 e. The topological polar surface area (TPSA) is 43.8 Å². The number of hydrogen-bond acceptors (Lipinski definition) is 2. The number of rotatable bonds is 4. The van der Waals surface area contributed by atoms with Gasteiger partial charge in [-0.05, 0) is 62.6 Å². The summed E-state index contributed by atoms with van der Waals surface area (Å²) in [6.07, 6.45) is 4.20. The van der Waals surface area contributed by atoms with Gasteiger partial charge >= 0.3 is 0 Å². The van der Waals surface area contributed by atoms with Crippen molar-refractivity contribution in [3.63, 3.8) is 0 Å². The van der Waals surface area contributed by atoms with Crippen LogP contribution < -0.4 is 5.73 Å². The monoisotopic (exact) mass is 319 g/mol. The second kappa shape index (κ2) is 6.62. The Morgan fingerprint density at radius 2 is 1.71 bits per heavy atom. The lowest BCUT2D eigenvalue weighted by atomic mass is 10.1. The second-order valence-corrected chi connectivity index (χ2v) is 6.59. The van der Waals surface area contributed by atoms with Crippen molar-refractivity contribution >= 4 is 23.2 Å². The number of hydrogen-bond donors (Lipinski definition) is 1. The van der Waals surface area contributed by atoms with Crippen molar-refractivity contribution < 1.29 is 0 Å². The quantitative estimate of drug-likeness (QED) is 0.760. The van der Waals surface area contributed by atoms with Crippen LogP contribution >= 0.6 is 0 Å². The molecule has 1 unspecified atom stereocenters. The second-order valence-electron chi connectivity index (χ2n) is 6.59. The van der Waals surface area contributed by atoms with Gasteiger partial charge in [0.25, 0.3) is 0 Å². The predicted octanol–water partition coefficient (Wildman–Crippen LogP) is 4.65. The molecule has 1 heterocycles. The van der Waals surface area contributed by atoms with Crippen LogP contribution in [0.1, 0.15) is 41.0 Å². The van der Waals surface area contributed by atoms with Gasteiger partial charge in [-0.3, -0.25) is 0 Å². The summed E-state index contributed by atoms with van der Waals surface area (Å²) in [6.45, 7) is 9.09. The Balaban J connectivity index is 2.10. The SMILES string of the molecule is Cc1ccc(/C=C/c2nc3cc(C)c(C)cc3n2C(C)CN)cc1. The molecule has 2 aromatic carbocycles. The molecule has 0 spiro atoms. The maximum absolute atomic E-state index is 5.94. The first kappa shape index (κ1) is 16.5. The van der Waals surface area contributed by atoms with Crippen LogP contribution in [-0.4, -0.2) is 16.1 Å². The van der Waals surface area contributed by atoms with Crippen LogP contribution in [0.15, 0.2) is 36.4 Å². The van der Waals surface area contributed by atoms with Crippen molar-refractivity contribution in [3.8, 4) is 0 Å². The number of aromatic nitrogens is 2. The summed E-state index contributed by atoms with van der Waals surface area (Å²) >= 11 is 0. The summed E-state index contributed by atoms with van der Waals surface area (Å²) in [4.78, 5) is 4.84. The van der Waals surface area contributed by atoms with Crippen LogP contribution in [0.25, 0.3) is 23.2 Å². The van der Waals surface area contributed by atoms with E-state index in [2.05, 4.69) is 80.8 Å². The molecule has 0 saturated carbocycles. The summed E-state index contributed by atoms with van der Waals surface area (Å²) in [5.74, 6) is 0.952. The first-order valence-corrected chi connectivity index (χ1v) is 8.43. The fourth-order valence-corrected chi connectivity index (χ4v) is 2.90. The first-order valence-electron chi connectivity index (χ1n) is 8.43. The molecular weight excluding hydrogens is 294 g/mol. The van der Waals surface area contributed by atoms with Gasteiger partial charge in [-0.2, -0.15) is 0 Å². The minimum absolute atomic E-state index is 0.203. The standard InChI is InChI=1S/C21H25N3/c1-14-5-7-18(8-6-14)9-10-21-23-19-11-15(2)16(3)12-20(19)24(21)17(4)13-22/h5-12,17H,13,22H2,1-4H3/b10-9+. The Hall–Kier alpha value is -2.39. The Bertz CT molecular complexity index is 886. The molecular formula is C21H25N3. The van der Waals surface area contributed by atoms with Crippen molar-refractivity contribution in [3.05, 3.63) is 64.5 Å². The summed E-state index contributed by atoms with van der Waals surface area (Å²) in [5, 5.41) is 0. The van der Waals surface area contributed by atoms with E-state index in [9.17, 15) is 0 Å². The molecule has 1 aromatic heterocycles. The van der Waals surface area contributed by atoms with E-state index in [1.165, 1.54) is 22.3 Å². The number of benzene rings is 2. The van der Waals surface area contributed by atoms with E-state index in [-0.39, 0.29) is 6.04 Å². The molecule has 3 rings (SSSR count). The number of imidazole rings is 1. The van der Waals surface area contributed by atoms with Crippen LogP contribution in [-0.2, 0) is 0 Å². The number of aryl methyl sites for hydroxylation is 3. The number of fused-ring (bicyclic) bond motifs is 1. The Kier molecular flexibility index (Phi) is 4.54. The Morgan fingerprint density at radius 1 is 1.04 bits per heavy atom. The molecule has 24 heavy (non-hydrogen) atoms. The maximum atomic E-state index is 5.94. The fraction of sp³-hybridized carbons (Fsp3) is 0.286. The third-order valence-corrected chi connectivity index (χ3v) is 4.62. The van der Waals surface area contributed by atoms with Gasteiger partial charge in [0.15, 0.2) is 0 Å². The van der Waals surface area contributed by atoms with Gasteiger partial charge < -0.3 is 10.3 Å². The van der Waals surface area contributed by atoms with Crippen molar-refractivity contribution in [2.75, 3.05) is 6.54 Å². The van der Waals surface area contributed by atoms with Crippen LogP contribution in [0.2, 0.25) is 0 Å². The molecule has 0 aliphatic rings. The van der Waals surface area contributed by atoms with E-state index in [0.29, 0.717) is 6.54 Å². The highest BCUT2D eigenvalue weighted by molar-refractivity contribution is 5.81. The van der Waals surface area contributed by atoms with Crippen LogP contribution in [0.4, 0.5) is 0 Å². The van der Waals surface area contributed by atoms with E-state index in [4.69, 9.17) is 10.7 Å². The van der Waals surface area contributed by atoms with Crippen LogP contribution in [0.5, 0.6) is 0 Å². The van der Waals surface area contributed by atoms with Crippen LogP contribution in [0, 0.1) is 20.8 Å². The highest BCUT2D eigenvalue weighted by Gasteiger charge is 2.14. The fourth-order valence-electron chi connectivity index (χ4n) is 2.90. The van der Waals surface area contributed by atoms with Gasteiger partial charge in [0, 0.05) is 12.6 Å². The van der Waals surface area contributed by atoms with E-state index in [0.717, 1.165) is 16.9 Å². The van der Waals surface area contributed by atoms with Gasteiger partial charge in [0.2, 0.25) is 0 Å². The molecule has 124 valence electrons. The van der Waals surface area contributed by atoms with E-state index >= 15 is 0 Å². The van der Waals surface area contributed by atoms with Gasteiger partial charge in [-0.25, -0.2) is 4.98 Å². The third kappa shape index (κ3) is 3.13. The first-order chi connectivity index (χ1) is 11.5. The van der Waals surface area contributed by atoms with Crippen molar-refractivity contribution in [1.29, 1.82) is 0 Å². The van der Waals surface area contributed by atoms with Crippen molar-refractivity contribution in [2.24, 2.45) is 5.73 Å². The number of nitrogens with zero attached hydrogens (tertiary/aromatic N) is 2. The summed E-state index contributed by atoms with van der Waals surface area (Å²) in [7, 11) is 0. The van der Waals surface area contributed by atoms with Crippen molar-refractivity contribution in [1.82, 2.24) is 9.55 Å². The smallest absolute Gasteiger partial charge is 0.134 e. The van der Waals surface area contributed by atoms with Gasteiger partial charge in [0.05, 0.1) is 11.0 Å². The van der Waals surface area contributed by atoms with Gasteiger partial charge in [0.1, 0.15) is 5.82 Å².